The Morgan fingerprint density at radius 2 is 1.07 bits per heavy atom. The minimum Gasteiger partial charge on any atom is -0.466 e. The van der Waals surface area contributed by atoms with E-state index < -0.39 is 0 Å². The fraction of sp³-hybridized carbons (Fsp3) is 0.936. The third-order valence-corrected chi connectivity index (χ3v) is 12.1. The lowest BCUT2D eigenvalue weighted by atomic mass is 10.0. The molecule has 0 N–H and O–H groups in total. The first-order valence-corrected chi connectivity index (χ1v) is 25.6. The van der Waals surface area contributed by atoms with Crippen LogP contribution in [-0.2, 0) is 23.8 Å². The van der Waals surface area contributed by atoms with E-state index in [2.05, 4.69) is 41.3 Å². The average Bonchev–Trinajstić information content (AvgIpc) is 3.61. The smallest absolute Gasteiger partial charge is 0.409 e. The van der Waals surface area contributed by atoms with Crippen LogP contribution in [0.3, 0.4) is 0 Å². The molecule has 56 heavy (non-hydrogen) atoms. The molecule has 1 fully saturated rings. The number of carbonyl (C=O) groups is 3. The molecule has 330 valence electrons. The van der Waals surface area contributed by atoms with Crippen LogP contribution in [0.4, 0.5) is 4.79 Å². The predicted molar refractivity (Wildman–Crippen MR) is 243 cm³/mol. The highest BCUT2D eigenvalue weighted by Gasteiger charge is 2.21. The molecule has 0 radical (unpaired) electrons. The van der Waals surface area contributed by atoms with Crippen LogP contribution in [0.25, 0.3) is 0 Å². The summed E-state index contributed by atoms with van der Waals surface area (Å²) in [6.45, 7) is 10.2. The van der Waals surface area contributed by atoms with Crippen molar-refractivity contribution in [3.05, 3.63) is 0 Å². The molecule has 0 bridgehead atoms. The Morgan fingerprint density at radius 3 is 1.61 bits per heavy atom. The summed E-state index contributed by atoms with van der Waals surface area (Å²) in [6, 6.07) is 0. The monoisotopic (exact) mass is 905 g/mol. The van der Waals surface area contributed by atoms with Gasteiger partial charge < -0.3 is 24.0 Å². The highest BCUT2D eigenvalue weighted by molar-refractivity contribution is 14.1. The zero-order chi connectivity index (χ0) is 40.6. The maximum absolute atomic E-state index is 12.8. The van der Waals surface area contributed by atoms with Gasteiger partial charge in [-0.05, 0) is 94.7 Å². The highest BCUT2D eigenvalue weighted by atomic mass is 127. The van der Waals surface area contributed by atoms with E-state index in [1.807, 2.05) is 4.90 Å². The molecule has 1 rings (SSSR count). The summed E-state index contributed by atoms with van der Waals surface area (Å²) in [4.78, 5) is 41.2. The summed E-state index contributed by atoms with van der Waals surface area (Å²) in [5, 5.41) is 0. The van der Waals surface area contributed by atoms with Gasteiger partial charge in [-0.25, -0.2) is 4.79 Å². The number of rotatable bonds is 43. The summed E-state index contributed by atoms with van der Waals surface area (Å²) in [6.07, 6.45) is 37.7. The third-order valence-electron chi connectivity index (χ3n) is 11.3. The van der Waals surface area contributed by atoms with Gasteiger partial charge in [0, 0.05) is 19.4 Å². The number of halogens is 1. The third kappa shape index (κ3) is 33.8. The van der Waals surface area contributed by atoms with Crippen LogP contribution in [0.5, 0.6) is 0 Å². The SMILES string of the molecule is CCCCCCCCCOC(=O)CCCCCCCN(CCCCCCCC(=O)OC(CCCCCCCC)CCCCCCCI)CCCN1CCOC1=O. The molecular weight excluding hydrogens is 815 g/mol. The first-order chi connectivity index (χ1) is 27.5. The van der Waals surface area contributed by atoms with Gasteiger partial charge in [0.1, 0.15) is 12.7 Å². The van der Waals surface area contributed by atoms with Crippen molar-refractivity contribution in [3.63, 3.8) is 0 Å². The molecule has 8 nitrogen and oxygen atoms in total. The lowest BCUT2D eigenvalue weighted by molar-refractivity contribution is -0.150. The van der Waals surface area contributed by atoms with Gasteiger partial charge in [-0.1, -0.05) is 165 Å². The maximum Gasteiger partial charge on any atom is 0.409 e. The minimum absolute atomic E-state index is 0.0117. The van der Waals surface area contributed by atoms with Gasteiger partial charge in [0.05, 0.1) is 13.2 Å². The first-order valence-electron chi connectivity index (χ1n) is 24.0. The first kappa shape index (κ1) is 52.9. The van der Waals surface area contributed by atoms with Gasteiger partial charge in [0.25, 0.3) is 0 Å². The molecule has 1 saturated heterocycles. The van der Waals surface area contributed by atoms with Gasteiger partial charge >= 0.3 is 18.0 Å². The highest BCUT2D eigenvalue weighted by Crippen LogP contribution is 2.19. The normalized spacial score (nSPS) is 13.4. The maximum atomic E-state index is 12.8. The second kappa shape index (κ2) is 40.7. The second-order valence-corrected chi connectivity index (χ2v) is 17.7. The number of carbonyl (C=O) groups excluding carboxylic acids is 3. The van der Waals surface area contributed by atoms with Crippen LogP contribution in [0.15, 0.2) is 0 Å². The molecular formula is C47H89IN2O6. The summed E-state index contributed by atoms with van der Waals surface area (Å²) < 4.78 is 17.9. The molecule has 0 aliphatic carbocycles. The molecule has 1 atom stereocenters. The molecule has 0 aromatic rings. The van der Waals surface area contributed by atoms with E-state index in [0.29, 0.717) is 32.6 Å². The number of esters is 2. The molecule has 9 heteroatoms. The average molecular weight is 905 g/mol. The van der Waals surface area contributed by atoms with Gasteiger partial charge in [0.2, 0.25) is 0 Å². The number of ether oxygens (including phenoxy) is 3. The number of hydrogen-bond acceptors (Lipinski definition) is 7. The Balaban J connectivity index is 2.27. The van der Waals surface area contributed by atoms with E-state index in [-0.39, 0.29) is 24.1 Å². The van der Waals surface area contributed by atoms with E-state index >= 15 is 0 Å². The van der Waals surface area contributed by atoms with Gasteiger partial charge in [-0.2, -0.15) is 0 Å². The topological polar surface area (TPSA) is 85.4 Å². The van der Waals surface area contributed by atoms with Gasteiger partial charge in [0.15, 0.2) is 0 Å². The minimum atomic E-state index is -0.173. The summed E-state index contributed by atoms with van der Waals surface area (Å²) in [7, 11) is 0. The molecule has 1 aliphatic rings. The number of cyclic esters (lactones) is 1. The zero-order valence-corrected chi connectivity index (χ0v) is 38.9. The number of alkyl halides is 1. The standard InChI is InChI=1S/C47H89IN2O6/c1-3-5-7-9-11-22-30-42-54-45(51)34-25-17-13-20-28-37-49(39-31-40-50-41-43-55-47(50)53)38-29-21-14-18-26-35-46(52)56-44(32-23-15-10-8-6-4-2)33-24-16-12-19-27-36-48/h44H,3-43H2,1-2H3. The molecule has 1 heterocycles. The molecule has 1 aliphatic heterocycles. The van der Waals surface area contributed by atoms with Crippen LogP contribution in [0.1, 0.15) is 226 Å². The van der Waals surface area contributed by atoms with E-state index in [9.17, 15) is 14.4 Å². The lowest BCUT2D eigenvalue weighted by Crippen LogP contribution is -2.32. The molecule has 0 spiro atoms. The van der Waals surface area contributed by atoms with Crippen LogP contribution in [0.2, 0.25) is 0 Å². The van der Waals surface area contributed by atoms with Gasteiger partial charge in [-0.15, -0.1) is 0 Å². The largest absolute Gasteiger partial charge is 0.466 e. The Labute approximate surface area is 359 Å². The van der Waals surface area contributed by atoms with Crippen LogP contribution in [-0.4, -0.2) is 84.3 Å². The summed E-state index contributed by atoms with van der Waals surface area (Å²) in [5.74, 6) is -0.0206. The molecule has 0 aromatic heterocycles. The zero-order valence-electron chi connectivity index (χ0n) is 36.8. The van der Waals surface area contributed by atoms with Crippen molar-refractivity contribution in [1.82, 2.24) is 9.80 Å². The number of unbranched alkanes of at least 4 members (excludes halogenated alkanes) is 23. The van der Waals surface area contributed by atoms with E-state index in [0.717, 1.165) is 110 Å². The number of amides is 1. The van der Waals surface area contributed by atoms with Crippen molar-refractivity contribution in [2.75, 3.05) is 50.4 Å². The predicted octanol–water partition coefficient (Wildman–Crippen LogP) is 13.5. The van der Waals surface area contributed by atoms with Crippen LogP contribution >= 0.6 is 22.6 Å². The number of nitrogens with zero attached hydrogens (tertiary/aromatic N) is 2. The fourth-order valence-corrected chi connectivity index (χ4v) is 8.23. The Kier molecular flexibility index (Phi) is 38.4. The van der Waals surface area contributed by atoms with Crippen molar-refractivity contribution < 1.29 is 28.6 Å². The van der Waals surface area contributed by atoms with E-state index in [4.69, 9.17) is 14.2 Å². The van der Waals surface area contributed by atoms with Crippen molar-refractivity contribution >= 4 is 40.6 Å². The van der Waals surface area contributed by atoms with Crippen LogP contribution in [0, 0.1) is 0 Å². The Hall–Kier alpha value is -1.10. The van der Waals surface area contributed by atoms with Crippen molar-refractivity contribution in [2.45, 2.75) is 232 Å². The Bertz CT molecular complexity index is 892. The van der Waals surface area contributed by atoms with Crippen LogP contribution < -0.4 is 0 Å². The Morgan fingerprint density at radius 1 is 0.607 bits per heavy atom. The second-order valence-electron chi connectivity index (χ2n) is 16.6. The van der Waals surface area contributed by atoms with Crippen molar-refractivity contribution in [3.8, 4) is 0 Å². The van der Waals surface area contributed by atoms with Crippen molar-refractivity contribution in [1.29, 1.82) is 0 Å². The molecule has 1 amide bonds. The summed E-state index contributed by atoms with van der Waals surface area (Å²) in [5.41, 5.74) is 0. The quantitative estimate of drug-likeness (QED) is 0.0198. The van der Waals surface area contributed by atoms with Crippen molar-refractivity contribution in [2.24, 2.45) is 0 Å². The number of hydrogen-bond donors (Lipinski definition) is 0. The molecule has 0 saturated carbocycles. The summed E-state index contributed by atoms with van der Waals surface area (Å²) >= 11 is 2.46. The van der Waals surface area contributed by atoms with Gasteiger partial charge in [-0.3, -0.25) is 9.59 Å². The fourth-order valence-electron chi connectivity index (χ4n) is 7.69. The van der Waals surface area contributed by atoms with E-state index in [1.165, 1.54) is 120 Å². The van der Waals surface area contributed by atoms with E-state index in [1.54, 1.807) is 0 Å². The lowest BCUT2D eigenvalue weighted by Gasteiger charge is -2.23. The molecule has 0 aromatic carbocycles. The molecule has 1 unspecified atom stereocenters.